The first-order valence-electron chi connectivity index (χ1n) is 12.0. The Morgan fingerprint density at radius 1 is 0.972 bits per heavy atom. The van der Waals surface area contributed by atoms with Gasteiger partial charge in [0, 0.05) is 35.1 Å². The van der Waals surface area contributed by atoms with Gasteiger partial charge in [-0.2, -0.15) is 0 Å². The summed E-state index contributed by atoms with van der Waals surface area (Å²) < 4.78 is 5.91. The minimum absolute atomic E-state index is 0.0740. The van der Waals surface area contributed by atoms with Gasteiger partial charge in [-0.25, -0.2) is 0 Å². The highest BCUT2D eigenvalue weighted by molar-refractivity contribution is 6.36. The number of aryl methyl sites for hydroxylation is 2. The van der Waals surface area contributed by atoms with Crippen LogP contribution in [0.3, 0.4) is 0 Å². The van der Waals surface area contributed by atoms with Crippen LogP contribution in [0.25, 0.3) is 0 Å². The van der Waals surface area contributed by atoms with Crippen LogP contribution >= 0.6 is 23.2 Å². The molecule has 0 saturated heterocycles. The Hall–Kier alpha value is -3.02. The number of rotatable bonds is 11. The van der Waals surface area contributed by atoms with E-state index in [4.69, 9.17) is 27.9 Å². The largest absolute Gasteiger partial charge is 0.483 e. The third kappa shape index (κ3) is 7.49. The standard InChI is InChI=1S/C29H32Cl2N2O3/c1-4-15-32-29(35)26(17-22-9-6-5-7-10-22)33(18-23-24(30)11-8-12-25(23)31)28(34)19-36-27-14-13-20(2)16-21(27)3/h5-14,16,26H,4,15,17-19H2,1-3H3,(H,32,35). The molecule has 0 aliphatic heterocycles. The molecule has 0 aliphatic rings. The number of nitrogens with zero attached hydrogens (tertiary/aromatic N) is 1. The molecule has 36 heavy (non-hydrogen) atoms. The molecule has 3 rings (SSSR count). The van der Waals surface area contributed by atoms with E-state index >= 15 is 0 Å². The molecule has 0 radical (unpaired) electrons. The number of hydrogen-bond acceptors (Lipinski definition) is 3. The maximum Gasteiger partial charge on any atom is 0.261 e. The van der Waals surface area contributed by atoms with Crippen LogP contribution in [0.15, 0.2) is 66.7 Å². The predicted molar refractivity (Wildman–Crippen MR) is 146 cm³/mol. The average molecular weight is 527 g/mol. The summed E-state index contributed by atoms with van der Waals surface area (Å²) in [5.74, 6) is 0.0574. The molecular weight excluding hydrogens is 495 g/mol. The number of carbonyl (C=O) groups excluding carboxylic acids is 2. The molecule has 0 bridgehead atoms. The van der Waals surface area contributed by atoms with Crippen molar-refractivity contribution < 1.29 is 14.3 Å². The van der Waals surface area contributed by atoms with Gasteiger partial charge in [0.05, 0.1) is 0 Å². The normalized spacial score (nSPS) is 11.6. The summed E-state index contributed by atoms with van der Waals surface area (Å²) in [6, 6.07) is 19.8. The van der Waals surface area contributed by atoms with Crippen molar-refractivity contribution in [3.8, 4) is 5.75 Å². The maximum atomic E-state index is 13.7. The van der Waals surface area contributed by atoms with Crippen LogP contribution in [0.5, 0.6) is 5.75 Å². The summed E-state index contributed by atoms with van der Waals surface area (Å²) in [6.07, 6.45) is 1.12. The number of nitrogens with one attached hydrogen (secondary N) is 1. The van der Waals surface area contributed by atoms with Crippen molar-refractivity contribution in [2.24, 2.45) is 0 Å². The molecule has 0 aromatic heterocycles. The van der Waals surface area contributed by atoms with Gasteiger partial charge >= 0.3 is 0 Å². The monoisotopic (exact) mass is 526 g/mol. The highest BCUT2D eigenvalue weighted by atomic mass is 35.5. The van der Waals surface area contributed by atoms with Gasteiger partial charge in [0.25, 0.3) is 5.91 Å². The topological polar surface area (TPSA) is 58.6 Å². The fourth-order valence-corrected chi connectivity index (χ4v) is 4.47. The van der Waals surface area contributed by atoms with E-state index < -0.39 is 6.04 Å². The summed E-state index contributed by atoms with van der Waals surface area (Å²) in [4.78, 5) is 28.6. The van der Waals surface area contributed by atoms with Crippen molar-refractivity contribution in [1.29, 1.82) is 0 Å². The lowest BCUT2D eigenvalue weighted by Crippen LogP contribution is -2.51. The number of ether oxygens (including phenoxy) is 1. The number of hydrogen-bond donors (Lipinski definition) is 1. The van der Waals surface area contributed by atoms with E-state index in [-0.39, 0.29) is 25.0 Å². The first-order valence-corrected chi connectivity index (χ1v) is 12.8. The lowest BCUT2D eigenvalue weighted by atomic mass is 10.0. The Kier molecular flexibility index (Phi) is 10.2. The van der Waals surface area contributed by atoms with Gasteiger partial charge in [0.2, 0.25) is 5.91 Å². The van der Waals surface area contributed by atoms with Crippen LogP contribution in [-0.2, 0) is 22.6 Å². The number of benzene rings is 3. The number of amides is 2. The van der Waals surface area contributed by atoms with Crippen molar-refractivity contribution in [1.82, 2.24) is 10.2 Å². The van der Waals surface area contributed by atoms with E-state index in [0.717, 1.165) is 23.1 Å². The van der Waals surface area contributed by atoms with Crippen LogP contribution in [-0.4, -0.2) is 35.9 Å². The van der Waals surface area contributed by atoms with Gasteiger partial charge in [-0.1, -0.05) is 84.2 Å². The van der Waals surface area contributed by atoms with Crippen LogP contribution in [0, 0.1) is 13.8 Å². The Morgan fingerprint density at radius 2 is 1.67 bits per heavy atom. The second-order valence-electron chi connectivity index (χ2n) is 8.78. The first kappa shape index (κ1) is 27.6. The molecule has 1 unspecified atom stereocenters. The van der Waals surface area contributed by atoms with E-state index in [2.05, 4.69) is 5.32 Å². The van der Waals surface area contributed by atoms with Gasteiger partial charge in [-0.15, -0.1) is 0 Å². The summed E-state index contributed by atoms with van der Waals surface area (Å²) in [6.45, 7) is 6.28. The molecule has 0 fully saturated rings. The molecule has 0 heterocycles. The summed E-state index contributed by atoms with van der Waals surface area (Å²) >= 11 is 12.9. The minimum atomic E-state index is -0.776. The van der Waals surface area contributed by atoms with Crippen LogP contribution < -0.4 is 10.1 Å². The van der Waals surface area contributed by atoms with Gasteiger partial charge in [0.15, 0.2) is 6.61 Å². The quantitative estimate of drug-likeness (QED) is 0.325. The molecule has 0 aliphatic carbocycles. The Morgan fingerprint density at radius 3 is 2.31 bits per heavy atom. The van der Waals surface area contributed by atoms with E-state index in [0.29, 0.717) is 34.3 Å². The SMILES string of the molecule is CCCNC(=O)C(Cc1ccccc1)N(Cc1c(Cl)cccc1Cl)C(=O)COc1ccc(C)cc1C. The smallest absolute Gasteiger partial charge is 0.261 e. The molecular formula is C29H32Cl2N2O3. The molecule has 5 nitrogen and oxygen atoms in total. The van der Waals surface area contributed by atoms with Crippen LogP contribution in [0.4, 0.5) is 0 Å². The Labute approximate surface area is 223 Å². The minimum Gasteiger partial charge on any atom is -0.483 e. The summed E-state index contributed by atoms with van der Waals surface area (Å²) in [5.41, 5.74) is 3.57. The molecule has 3 aromatic carbocycles. The fraction of sp³-hybridized carbons (Fsp3) is 0.310. The van der Waals surface area contributed by atoms with Gasteiger partial charge in [-0.3, -0.25) is 9.59 Å². The lowest BCUT2D eigenvalue weighted by molar-refractivity contribution is -0.142. The van der Waals surface area contributed by atoms with Crippen molar-refractivity contribution in [3.05, 3.63) is 99.0 Å². The highest BCUT2D eigenvalue weighted by Gasteiger charge is 2.31. The van der Waals surface area contributed by atoms with E-state index in [9.17, 15) is 9.59 Å². The third-order valence-electron chi connectivity index (χ3n) is 5.89. The van der Waals surface area contributed by atoms with Crippen molar-refractivity contribution in [3.63, 3.8) is 0 Å². The molecule has 0 spiro atoms. The molecule has 1 atom stereocenters. The molecule has 190 valence electrons. The zero-order valence-electron chi connectivity index (χ0n) is 20.9. The molecule has 7 heteroatoms. The second-order valence-corrected chi connectivity index (χ2v) is 9.59. The van der Waals surface area contributed by atoms with Gasteiger partial charge < -0.3 is 15.0 Å². The number of carbonyl (C=O) groups is 2. The Bertz CT molecular complexity index is 1160. The van der Waals surface area contributed by atoms with Gasteiger partial charge in [0.1, 0.15) is 11.8 Å². The second kappa shape index (κ2) is 13.3. The van der Waals surface area contributed by atoms with Crippen molar-refractivity contribution >= 4 is 35.0 Å². The highest BCUT2D eigenvalue weighted by Crippen LogP contribution is 2.27. The summed E-state index contributed by atoms with van der Waals surface area (Å²) in [7, 11) is 0. The van der Waals surface area contributed by atoms with Gasteiger partial charge in [-0.05, 0) is 49.6 Å². The predicted octanol–water partition coefficient (Wildman–Crippen LogP) is 6.16. The fourth-order valence-electron chi connectivity index (χ4n) is 3.96. The zero-order chi connectivity index (χ0) is 26.1. The first-order chi connectivity index (χ1) is 17.3. The van der Waals surface area contributed by atoms with E-state index in [1.807, 2.05) is 69.3 Å². The van der Waals surface area contributed by atoms with Crippen molar-refractivity contribution in [2.75, 3.05) is 13.2 Å². The zero-order valence-corrected chi connectivity index (χ0v) is 22.4. The van der Waals surface area contributed by atoms with Crippen LogP contribution in [0.2, 0.25) is 10.0 Å². The third-order valence-corrected chi connectivity index (χ3v) is 6.60. The Balaban J connectivity index is 1.95. The molecule has 0 saturated carbocycles. The summed E-state index contributed by atoms with van der Waals surface area (Å²) in [5, 5.41) is 3.82. The van der Waals surface area contributed by atoms with E-state index in [1.165, 1.54) is 4.90 Å². The average Bonchev–Trinajstić information content (AvgIpc) is 2.86. The maximum absolute atomic E-state index is 13.7. The van der Waals surface area contributed by atoms with Crippen molar-refractivity contribution in [2.45, 2.75) is 46.2 Å². The molecule has 3 aromatic rings. The molecule has 2 amide bonds. The lowest BCUT2D eigenvalue weighted by Gasteiger charge is -2.32. The van der Waals surface area contributed by atoms with Crippen LogP contribution in [0.1, 0.15) is 35.6 Å². The molecule has 1 N–H and O–H groups in total. The number of halogens is 2. The van der Waals surface area contributed by atoms with E-state index in [1.54, 1.807) is 18.2 Å².